The summed E-state index contributed by atoms with van der Waals surface area (Å²) in [7, 11) is 1.70. The second-order valence-electron chi connectivity index (χ2n) is 6.01. The molecule has 1 saturated heterocycles. The molecule has 23 heavy (non-hydrogen) atoms. The molecule has 2 aromatic rings. The summed E-state index contributed by atoms with van der Waals surface area (Å²) >= 11 is 0. The van der Waals surface area contributed by atoms with Crippen LogP contribution < -0.4 is 10.1 Å². The van der Waals surface area contributed by atoms with E-state index < -0.39 is 0 Å². The van der Waals surface area contributed by atoms with Gasteiger partial charge in [0.15, 0.2) is 0 Å². The molecule has 1 N–H and O–H groups in total. The Morgan fingerprint density at radius 2 is 2.09 bits per heavy atom. The monoisotopic (exact) mass is 315 g/mol. The zero-order chi connectivity index (χ0) is 16.1. The van der Waals surface area contributed by atoms with Crippen molar-refractivity contribution < 1.29 is 9.47 Å². The molecular formula is C18H25N3O2. The molecule has 0 aliphatic carbocycles. The average molecular weight is 315 g/mol. The maximum absolute atomic E-state index is 5.44. The number of rotatable bonds is 6. The molecule has 3 rings (SSSR count). The Labute approximate surface area is 137 Å². The van der Waals surface area contributed by atoms with Gasteiger partial charge in [0.05, 0.1) is 18.8 Å². The Bertz CT molecular complexity index is 633. The smallest absolute Gasteiger partial charge is 0.119 e. The van der Waals surface area contributed by atoms with Crippen LogP contribution in [0.5, 0.6) is 5.75 Å². The third kappa shape index (κ3) is 3.92. The lowest BCUT2D eigenvalue weighted by molar-refractivity contribution is 0.0653. The number of hydrogen-bond donors (Lipinski definition) is 1. The highest BCUT2D eigenvalue weighted by Crippen LogP contribution is 2.22. The number of benzene rings is 1. The summed E-state index contributed by atoms with van der Waals surface area (Å²) in [6, 6.07) is 8.78. The van der Waals surface area contributed by atoms with Crippen molar-refractivity contribution in [2.45, 2.75) is 38.9 Å². The molecule has 124 valence electrons. The van der Waals surface area contributed by atoms with Crippen LogP contribution in [0.2, 0.25) is 0 Å². The average Bonchev–Trinajstić information content (AvgIpc) is 3.05. The fourth-order valence-corrected chi connectivity index (χ4v) is 3.06. The van der Waals surface area contributed by atoms with Crippen LogP contribution in [-0.4, -0.2) is 30.1 Å². The molecule has 0 atom stereocenters. The SMILES string of the molecule is COc1ccc(CNCc2ccnn2C2CCOCC2)c(C)c1. The molecule has 5 nitrogen and oxygen atoms in total. The number of hydrogen-bond acceptors (Lipinski definition) is 4. The molecule has 0 unspecified atom stereocenters. The lowest BCUT2D eigenvalue weighted by Gasteiger charge is -2.24. The number of ether oxygens (including phenoxy) is 2. The van der Waals surface area contributed by atoms with Crippen molar-refractivity contribution in [2.75, 3.05) is 20.3 Å². The first kappa shape index (κ1) is 16.0. The third-order valence-corrected chi connectivity index (χ3v) is 4.46. The van der Waals surface area contributed by atoms with E-state index >= 15 is 0 Å². The maximum Gasteiger partial charge on any atom is 0.119 e. The highest BCUT2D eigenvalue weighted by atomic mass is 16.5. The first-order valence-corrected chi connectivity index (χ1v) is 8.22. The van der Waals surface area contributed by atoms with Gasteiger partial charge in [-0.05, 0) is 49.1 Å². The van der Waals surface area contributed by atoms with Crippen LogP contribution in [-0.2, 0) is 17.8 Å². The van der Waals surface area contributed by atoms with Gasteiger partial charge in [0, 0.05) is 32.5 Å². The van der Waals surface area contributed by atoms with Gasteiger partial charge in [0.2, 0.25) is 0 Å². The summed E-state index contributed by atoms with van der Waals surface area (Å²) in [6.07, 6.45) is 3.99. The number of nitrogens with zero attached hydrogens (tertiary/aromatic N) is 2. The molecule has 0 radical (unpaired) electrons. The Morgan fingerprint density at radius 1 is 1.26 bits per heavy atom. The minimum atomic E-state index is 0.471. The van der Waals surface area contributed by atoms with Crippen LogP contribution in [0, 0.1) is 6.92 Å². The van der Waals surface area contributed by atoms with Crippen molar-refractivity contribution in [2.24, 2.45) is 0 Å². The fraction of sp³-hybridized carbons (Fsp3) is 0.500. The molecule has 1 aliphatic rings. The number of methoxy groups -OCH3 is 1. The van der Waals surface area contributed by atoms with Gasteiger partial charge in [-0.25, -0.2) is 0 Å². The van der Waals surface area contributed by atoms with Gasteiger partial charge in [0.25, 0.3) is 0 Å². The predicted octanol–water partition coefficient (Wildman–Crippen LogP) is 2.84. The molecule has 1 aromatic carbocycles. The van der Waals surface area contributed by atoms with Gasteiger partial charge in [-0.15, -0.1) is 0 Å². The highest BCUT2D eigenvalue weighted by Gasteiger charge is 2.18. The third-order valence-electron chi connectivity index (χ3n) is 4.46. The van der Waals surface area contributed by atoms with Crippen LogP contribution in [0.1, 0.15) is 35.7 Å². The molecule has 0 spiro atoms. The Hall–Kier alpha value is -1.85. The number of aromatic nitrogens is 2. The van der Waals surface area contributed by atoms with Crippen LogP contribution >= 0.6 is 0 Å². The summed E-state index contributed by atoms with van der Waals surface area (Å²) < 4.78 is 12.9. The van der Waals surface area contributed by atoms with E-state index in [-0.39, 0.29) is 0 Å². The van der Waals surface area contributed by atoms with Crippen LogP contribution in [0.15, 0.2) is 30.5 Å². The highest BCUT2D eigenvalue weighted by molar-refractivity contribution is 5.34. The van der Waals surface area contributed by atoms with Crippen molar-refractivity contribution >= 4 is 0 Å². The minimum absolute atomic E-state index is 0.471. The fourth-order valence-electron chi connectivity index (χ4n) is 3.06. The molecule has 0 bridgehead atoms. The first-order chi connectivity index (χ1) is 11.3. The van der Waals surface area contributed by atoms with Gasteiger partial charge in [-0.2, -0.15) is 5.10 Å². The van der Waals surface area contributed by atoms with Gasteiger partial charge < -0.3 is 14.8 Å². The topological polar surface area (TPSA) is 48.3 Å². The van der Waals surface area contributed by atoms with Gasteiger partial charge >= 0.3 is 0 Å². The Balaban J connectivity index is 1.58. The zero-order valence-corrected chi connectivity index (χ0v) is 13.9. The molecule has 1 aliphatic heterocycles. The molecular weight excluding hydrogens is 290 g/mol. The Kier molecular flexibility index (Phi) is 5.31. The van der Waals surface area contributed by atoms with E-state index in [1.54, 1.807) is 7.11 Å². The summed E-state index contributed by atoms with van der Waals surface area (Å²) in [4.78, 5) is 0. The summed E-state index contributed by atoms with van der Waals surface area (Å²) in [5.41, 5.74) is 3.78. The van der Waals surface area contributed by atoms with E-state index in [9.17, 15) is 0 Å². The second-order valence-corrected chi connectivity index (χ2v) is 6.01. The van der Waals surface area contributed by atoms with Gasteiger partial charge in [-0.1, -0.05) is 6.07 Å². The van der Waals surface area contributed by atoms with Gasteiger partial charge in [-0.3, -0.25) is 4.68 Å². The van der Waals surface area contributed by atoms with E-state index in [0.29, 0.717) is 6.04 Å². The van der Waals surface area contributed by atoms with Crippen molar-refractivity contribution in [3.05, 3.63) is 47.3 Å². The van der Waals surface area contributed by atoms with Gasteiger partial charge in [0.1, 0.15) is 5.75 Å². The molecule has 1 aromatic heterocycles. The minimum Gasteiger partial charge on any atom is -0.497 e. The lowest BCUT2D eigenvalue weighted by Crippen LogP contribution is -2.24. The van der Waals surface area contributed by atoms with E-state index in [0.717, 1.165) is 44.9 Å². The van der Waals surface area contributed by atoms with E-state index in [2.05, 4.69) is 40.2 Å². The number of aryl methyl sites for hydroxylation is 1. The maximum atomic E-state index is 5.44. The lowest BCUT2D eigenvalue weighted by atomic mass is 10.1. The standard InChI is InChI=1S/C18H25N3O2/c1-14-11-18(22-2)4-3-15(14)12-19-13-17-5-8-20-21(17)16-6-9-23-10-7-16/h3-5,8,11,16,19H,6-7,9-10,12-13H2,1-2H3. The summed E-state index contributed by atoms with van der Waals surface area (Å²) in [6.45, 7) is 5.45. The van der Waals surface area contributed by atoms with Crippen molar-refractivity contribution in [3.8, 4) is 5.75 Å². The Morgan fingerprint density at radius 3 is 2.83 bits per heavy atom. The van der Waals surface area contributed by atoms with Crippen LogP contribution in [0.3, 0.4) is 0 Å². The van der Waals surface area contributed by atoms with Crippen LogP contribution in [0.4, 0.5) is 0 Å². The van der Waals surface area contributed by atoms with E-state index in [1.165, 1.54) is 16.8 Å². The normalized spacial score (nSPS) is 15.7. The molecule has 0 amide bonds. The zero-order valence-electron chi connectivity index (χ0n) is 13.9. The molecule has 1 fully saturated rings. The molecule has 2 heterocycles. The van der Waals surface area contributed by atoms with E-state index in [1.807, 2.05) is 12.3 Å². The van der Waals surface area contributed by atoms with Crippen LogP contribution in [0.25, 0.3) is 0 Å². The molecule has 5 heteroatoms. The van der Waals surface area contributed by atoms with Crippen molar-refractivity contribution in [1.29, 1.82) is 0 Å². The van der Waals surface area contributed by atoms with Crippen molar-refractivity contribution in [1.82, 2.24) is 15.1 Å². The van der Waals surface area contributed by atoms with E-state index in [4.69, 9.17) is 9.47 Å². The molecule has 0 saturated carbocycles. The predicted molar refractivity (Wildman–Crippen MR) is 89.6 cm³/mol. The quantitative estimate of drug-likeness (QED) is 0.890. The second kappa shape index (κ2) is 7.62. The summed E-state index contributed by atoms with van der Waals surface area (Å²) in [5.74, 6) is 0.906. The largest absolute Gasteiger partial charge is 0.497 e. The van der Waals surface area contributed by atoms with Crippen molar-refractivity contribution in [3.63, 3.8) is 0 Å². The first-order valence-electron chi connectivity index (χ1n) is 8.22. The number of nitrogens with one attached hydrogen (secondary N) is 1. The summed E-state index contributed by atoms with van der Waals surface area (Å²) in [5, 5.41) is 8.04.